The van der Waals surface area contributed by atoms with Crippen molar-refractivity contribution in [1.82, 2.24) is 14.8 Å². The number of aliphatic hydroxyl groups is 1. The van der Waals surface area contributed by atoms with Gasteiger partial charge in [-0.1, -0.05) is 28.1 Å². The van der Waals surface area contributed by atoms with Gasteiger partial charge in [-0.05, 0) is 18.6 Å². The highest BCUT2D eigenvalue weighted by Crippen LogP contribution is 2.21. The van der Waals surface area contributed by atoms with Gasteiger partial charge in [-0.3, -0.25) is 0 Å². The third kappa shape index (κ3) is 2.12. The van der Waals surface area contributed by atoms with Crippen molar-refractivity contribution in [2.24, 2.45) is 0 Å². The summed E-state index contributed by atoms with van der Waals surface area (Å²) in [6.45, 7) is 0.554. The molecule has 5 heteroatoms. The van der Waals surface area contributed by atoms with Crippen molar-refractivity contribution in [3.63, 3.8) is 0 Å². The van der Waals surface area contributed by atoms with Gasteiger partial charge in [0.15, 0.2) is 5.82 Å². The van der Waals surface area contributed by atoms with E-state index in [4.69, 9.17) is 0 Å². The monoisotopic (exact) mass is 293 g/mol. The molecule has 0 fully saturated rings. The number of benzene rings is 1. The lowest BCUT2D eigenvalue weighted by Gasteiger charge is -2.16. The molecule has 3 rings (SSSR count). The summed E-state index contributed by atoms with van der Waals surface area (Å²) in [6, 6.07) is 7.93. The highest BCUT2D eigenvalue weighted by molar-refractivity contribution is 9.10. The van der Waals surface area contributed by atoms with Crippen molar-refractivity contribution in [3.8, 4) is 11.4 Å². The predicted octanol–water partition coefficient (Wildman–Crippen LogP) is 2.01. The number of aliphatic hydroxyl groups excluding tert-OH is 1. The molecule has 1 aliphatic heterocycles. The quantitative estimate of drug-likeness (QED) is 0.875. The second-order valence-corrected chi connectivity index (χ2v) is 5.15. The molecule has 0 amide bonds. The summed E-state index contributed by atoms with van der Waals surface area (Å²) in [4.78, 5) is 4.51. The Labute approximate surface area is 107 Å². The second kappa shape index (κ2) is 4.23. The van der Waals surface area contributed by atoms with E-state index in [1.54, 1.807) is 0 Å². The Morgan fingerprint density at radius 3 is 2.82 bits per heavy atom. The summed E-state index contributed by atoms with van der Waals surface area (Å²) in [5.41, 5.74) is 1.00. The van der Waals surface area contributed by atoms with Gasteiger partial charge in [0.1, 0.15) is 5.82 Å². The van der Waals surface area contributed by atoms with Crippen molar-refractivity contribution in [2.45, 2.75) is 25.5 Å². The molecule has 1 atom stereocenters. The van der Waals surface area contributed by atoms with Gasteiger partial charge in [-0.15, -0.1) is 0 Å². The number of fused-ring (bicyclic) bond motifs is 1. The molecule has 88 valence electrons. The van der Waals surface area contributed by atoms with Crippen LogP contribution in [-0.2, 0) is 13.0 Å². The van der Waals surface area contributed by atoms with E-state index in [9.17, 15) is 5.11 Å². The SMILES string of the molecule is OC1CCc2nc(-c3ccc(Br)cc3)nn2C1. The third-order valence-corrected chi connectivity index (χ3v) is 3.46. The maximum absolute atomic E-state index is 9.58. The van der Waals surface area contributed by atoms with E-state index in [0.29, 0.717) is 6.54 Å². The topological polar surface area (TPSA) is 50.9 Å². The van der Waals surface area contributed by atoms with Crippen molar-refractivity contribution in [2.75, 3.05) is 0 Å². The molecule has 0 bridgehead atoms. The molecule has 1 N–H and O–H groups in total. The summed E-state index contributed by atoms with van der Waals surface area (Å²) in [7, 11) is 0. The van der Waals surface area contributed by atoms with Crippen LogP contribution in [0.4, 0.5) is 0 Å². The van der Waals surface area contributed by atoms with E-state index in [0.717, 1.165) is 34.5 Å². The molecule has 0 saturated carbocycles. The lowest BCUT2D eigenvalue weighted by molar-refractivity contribution is 0.124. The molecule has 1 aromatic carbocycles. The number of aromatic nitrogens is 3. The lowest BCUT2D eigenvalue weighted by Crippen LogP contribution is -2.25. The van der Waals surface area contributed by atoms with E-state index < -0.39 is 0 Å². The lowest BCUT2D eigenvalue weighted by atomic mass is 10.1. The summed E-state index contributed by atoms with van der Waals surface area (Å²) in [5.74, 6) is 1.70. The van der Waals surface area contributed by atoms with Gasteiger partial charge in [-0.2, -0.15) is 5.10 Å². The Morgan fingerprint density at radius 2 is 2.06 bits per heavy atom. The highest BCUT2D eigenvalue weighted by Gasteiger charge is 2.20. The first-order valence-electron chi connectivity index (χ1n) is 5.60. The Hall–Kier alpha value is -1.20. The third-order valence-electron chi connectivity index (χ3n) is 2.94. The van der Waals surface area contributed by atoms with Crippen LogP contribution in [0.15, 0.2) is 28.7 Å². The molecule has 0 spiro atoms. The molecule has 17 heavy (non-hydrogen) atoms. The molecule has 0 aliphatic carbocycles. The van der Waals surface area contributed by atoms with Crippen LogP contribution >= 0.6 is 15.9 Å². The number of hydrogen-bond acceptors (Lipinski definition) is 3. The fraction of sp³-hybridized carbons (Fsp3) is 0.333. The smallest absolute Gasteiger partial charge is 0.181 e. The Balaban J connectivity index is 1.97. The zero-order chi connectivity index (χ0) is 11.8. The predicted molar refractivity (Wildman–Crippen MR) is 67.5 cm³/mol. The van der Waals surface area contributed by atoms with Crippen LogP contribution in [0.2, 0.25) is 0 Å². The van der Waals surface area contributed by atoms with Gasteiger partial charge in [-0.25, -0.2) is 9.67 Å². The molecule has 1 aromatic heterocycles. The maximum Gasteiger partial charge on any atom is 0.181 e. The first-order chi connectivity index (χ1) is 8.22. The molecular formula is C12H12BrN3O. The average molecular weight is 294 g/mol. The molecule has 0 radical (unpaired) electrons. The van der Waals surface area contributed by atoms with E-state index in [2.05, 4.69) is 26.0 Å². The number of rotatable bonds is 1. The molecule has 4 nitrogen and oxygen atoms in total. The normalized spacial score (nSPS) is 19.1. The molecule has 1 unspecified atom stereocenters. The van der Waals surface area contributed by atoms with Crippen molar-refractivity contribution in [1.29, 1.82) is 0 Å². The summed E-state index contributed by atoms with van der Waals surface area (Å²) in [5, 5.41) is 14.0. The zero-order valence-electron chi connectivity index (χ0n) is 9.17. The van der Waals surface area contributed by atoms with Crippen LogP contribution in [0.3, 0.4) is 0 Å². The van der Waals surface area contributed by atoms with Crippen LogP contribution in [0.1, 0.15) is 12.2 Å². The molecule has 2 aromatic rings. The highest BCUT2D eigenvalue weighted by atomic mass is 79.9. The van der Waals surface area contributed by atoms with Gasteiger partial charge in [0.05, 0.1) is 12.6 Å². The van der Waals surface area contributed by atoms with Crippen LogP contribution in [-0.4, -0.2) is 26.0 Å². The average Bonchev–Trinajstić information content (AvgIpc) is 2.72. The van der Waals surface area contributed by atoms with Crippen LogP contribution in [0.5, 0.6) is 0 Å². The van der Waals surface area contributed by atoms with Gasteiger partial charge in [0, 0.05) is 16.5 Å². The van der Waals surface area contributed by atoms with Gasteiger partial charge in [0.25, 0.3) is 0 Å². The zero-order valence-corrected chi connectivity index (χ0v) is 10.8. The number of nitrogens with zero attached hydrogens (tertiary/aromatic N) is 3. The van der Waals surface area contributed by atoms with E-state index in [-0.39, 0.29) is 6.10 Å². The van der Waals surface area contributed by atoms with Crippen LogP contribution in [0, 0.1) is 0 Å². The van der Waals surface area contributed by atoms with Crippen molar-refractivity contribution < 1.29 is 5.11 Å². The molecular weight excluding hydrogens is 282 g/mol. The largest absolute Gasteiger partial charge is 0.391 e. The molecule has 2 heterocycles. The summed E-state index contributed by atoms with van der Waals surface area (Å²) < 4.78 is 2.85. The van der Waals surface area contributed by atoms with Gasteiger partial charge >= 0.3 is 0 Å². The second-order valence-electron chi connectivity index (χ2n) is 4.23. The van der Waals surface area contributed by atoms with Crippen molar-refractivity contribution >= 4 is 15.9 Å². The van der Waals surface area contributed by atoms with E-state index in [1.165, 1.54) is 0 Å². The number of hydrogen-bond donors (Lipinski definition) is 1. The minimum Gasteiger partial charge on any atom is -0.391 e. The fourth-order valence-electron chi connectivity index (χ4n) is 2.01. The minimum atomic E-state index is -0.290. The molecule has 0 saturated heterocycles. The van der Waals surface area contributed by atoms with E-state index in [1.807, 2.05) is 28.9 Å². The fourth-order valence-corrected chi connectivity index (χ4v) is 2.28. The van der Waals surface area contributed by atoms with Crippen LogP contribution < -0.4 is 0 Å². The minimum absolute atomic E-state index is 0.290. The Kier molecular flexibility index (Phi) is 2.72. The summed E-state index contributed by atoms with van der Waals surface area (Å²) >= 11 is 3.40. The maximum atomic E-state index is 9.58. The van der Waals surface area contributed by atoms with Crippen molar-refractivity contribution in [3.05, 3.63) is 34.6 Å². The standard InChI is InChI=1S/C12H12BrN3O/c13-9-3-1-8(2-4-9)12-14-11-6-5-10(17)7-16(11)15-12/h1-4,10,17H,5-7H2. The van der Waals surface area contributed by atoms with Crippen LogP contribution in [0.25, 0.3) is 11.4 Å². The first-order valence-corrected chi connectivity index (χ1v) is 6.39. The molecule has 1 aliphatic rings. The Bertz CT molecular complexity index is 535. The Morgan fingerprint density at radius 1 is 1.29 bits per heavy atom. The number of aryl methyl sites for hydroxylation is 1. The van der Waals surface area contributed by atoms with E-state index >= 15 is 0 Å². The number of halogens is 1. The van der Waals surface area contributed by atoms with Gasteiger partial charge < -0.3 is 5.11 Å². The van der Waals surface area contributed by atoms with Gasteiger partial charge in [0.2, 0.25) is 0 Å². The summed E-state index contributed by atoms with van der Waals surface area (Å²) in [6.07, 6.45) is 1.28. The first kappa shape index (κ1) is 10.9.